The van der Waals surface area contributed by atoms with E-state index in [0.717, 1.165) is 48.1 Å². The highest BCUT2D eigenvalue weighted by Gasteiger charge is 2.26. The first-order valence-corrected chi connectivity index (χ1v) is 11.3. The highest BCUT2D eigenvalue weighted by molar-refractivity contribution is 5.90. The molecule has 1 aliphatic carbocycles. The summed E-state index contributed by atoms with van der Waals surface area (Å²) in [6.45, 7) is 2.43. The molecule has 1 aromatic carbocycles. The molecular weight excluding hydrogens is 404 g/mol. The first kappa shape index (κ1) is 20.7. The predicted molar refractivity (Wildman–Crippen MR) is 122 cm³/mol. The number of aromatic nitrogens is 1. The number of anilines is 1. The van der Waals surface area contributed by atoms with Gasteiger partial charge in [0.05, 0.1) is 12.5 Å². The molecule has 2 atom stereocenters. The molecule has 3 aliphatic rings. The van der Waals surface area contributed by atoms with Crippen LogP contribution in [-0.2, 0) is 22.6 Å². The zero-order valence-corrected chi connectivity index (χ0v) is 18.0. The number of allylic oxidation sites excluding steroid dienone is 1. The van der Waals surface area contributed by atoms with Gasteiger partial charge in [0.1, 0.15) is 0 Å². The van der Waals surface area contributed by atoms with Gasteiger partial charge in [-0.2, -0.15) is 0 Å². The van der Waals surface area contributed by atoms with E-state index in [-0.39, 0.29) is 23.9 Å². The minimum absolute atomic E-state index is 0.00882. The summed E-state index contributed by atoms with van der Waals surface area (Å²) in [7, 11) is 0. The van der Waals surface area contributed by atoms with Crippen molar-refractivity contribution in [1.82, 2.24) is 15.2 Å². The van der Waals surface area contributed by atoms with E-state index < -0.39 is 0 Å². The Morgan fingerprint density at radius 2 is 1.91 bits per heavy atom. The van der Waals surface area contributed by atoms with Crippen LogP contribution in [-0.4, -0.2) is 41.1 Å². The van der Waals surface area contributed by atoms with Crippen LogP contribution >= 0.6 is 0 Å². The second-order valence-corrected chi connectivity index (χ2v) is 8.78. The van der Waals surface area contributed by atoms with Gasteiger partial charge < -0.3 is 20.3 Å². The quantitative estimate of drug-likeness (QED) is 0.771. The first-order valence-electron chi connectivity index (χ1n) is 11.3. The van der Waals surface area contributed by atoms with Crippen molar-refractivity contribution in [3.8, 4) is 0 Å². The molecule has 0 bridgehead atoms. The minimum Gasteiger partial charge on any atom is -0.381 e. The number of benzene rings is 1. The molecule has 3 amide bonds. The molecule has 32 heavy (non-hydrogen) atoms. The minimum atomic E-state index is -0.0999. The molecule has 166 valence electrons. The number of hydrogen-bond donors (Lipinski definition) is 2. The second-order valence-electron chi connectivity index (χ2n) is 8.78. The van der Waals surface area contributed by atoms with Crippen LogP contribution < -0.4 is 10.6 Å². The Hall–Kier alpha value is -3.19. The number of nitrogens with one attached hydrogen (secondary N) is 2. The molecule has 5 rings (SSSR count). The van der Waals surface area contributed by atoms with Gasteiger partial charge in [-0.25, -0.2) is 4.79 Å². The lowest BCUT2D eigenvalue weighted by Crippen LogP contribution is -2.39. The van der Waals surface area contributed by atoms with Crippen LogP contribution in [0.15, 0.2) is 48.8 Å². The lowest BCUT2D eigenvalue weighted by molar-refractivity contribution is -0.125. The van der Waals surface area contributed by atoms with Crippen molar-refractivity contribution in [1.29, 1.82) is 0 Å². The summed E-state index contributed by atoms with van der Waals surface area (Å²) < 4.78 is 5.32. The van der Waals surface area contributed by atoms with Gasteiger partial charge in [0.25, 0.3) is 0 Å². The van der Waals surface area contributed by atoms with Crippen molar-refractivity contribution in [3.63, 3.8) is 0 Å². The summed E-state index contributed by atoms with van der Waals surface area (Å²) in [6.07, 6.45) is 9.35. The SMILES string of the molecule is O=C(NC1CC=C(c2ccc(NC(=O)N3Cc4ccncc4C3)cc2)CC1)[C@H]1CCOC1. The zero-order valence-electron chi connectivity index (χ0n) is 18.0. The molecule has 2 aliphatic heterocycles. The number of urea groups is 1. The van der Waals surface area contributed by atoms with Gasteiger partial charge in [0, 0.05) is 43.8 Å². The van der Waals surface area contributed by atoms with E-state index in [1.807, 2.05) is 24.4 Å². The third-order valence-corrected chi connectivity index (χ3v) is 6.58. The van der Waals surface area contributed by atoms with Crippen molar-refractivity contribution < 1.29 is 14.3 Å². The highest BCUT2D eigenvalue weighted by Crippen LogP contribution is 2.29. The van der Waals surface area contributed by atoms with E-state index in [0.29, 0.717) is 26.3 Å². The van der Waals surface area contributed by atoms with E-state index in [9.17, 15) is 9.59 Å². The molecule has 7 nitrogen and oxygen atoms in total. The fraction of sp³-hybridized carbons (Fsp3) is 0.400. The Labute approximate surface area is 187 Å². The summed E-state index contributed by atoms with van der Waals surface area (Å²) in [5.74, 6) is 0.135. The number of carbonyl (C=O) groups is 2. The molecule has 1 fully saturated rings. The van der Waals surface area contributed by atoms with Crippen LogP contribution in [0.2, 0.25) is 0 Å². The smallest absolute Gasteiger partial charge is 0.322 e. The predicted octanol–water partition coefficient (Wildman–Crippen LogP) is 3.72. The summed E-state index contributed by atoms with van der Waals surface area (Å²) in [5.41, 5.74) is 5.50. The fourth-order valence-electron chi connectivity index (χ4n) is 4.62. The van der Waals surface area contributed by atoms with Crippen molar-refractivity contribution in [2.45, 2.75) is 44.8 Å². The lowest BCUT2D eigenvalue weighted by Gasteiger charge is -2.24. The van der Waals surface area contributed by atoms with Crippen LogP contribution in [0.25, 0.3) is 5.57 Å². The van der Waals surface area contributed by atoms with Crippen molar-refractivity contribution >= 4 is 23.2 Å². The zero-order chi connectivity index (χ0) is 21.9. The topological polar surface area (TPSA) is 83.6 Å². The average Bonchev–Trinajstić information content (AvgIpc) is 3.50. The normalized spacial score (nSPS) is 22.2. The van der Waals surface area contributed by atoms with Crippen LogP contribution in [0, 0.1) is 5.92 Å². The van der Waals surface area contributed by atoms with Crippen molar-refractivity contribution in [2.75, 3.05) is 18.5 Å². The second kappa shape index (κ2) is 9.12. The molecule has 2 aromatic rings. The van der Waals surface area contributed by atoms with E-state index in [4.69, 9.17) is 4.74 Å². The maximum absolute atomic E-state index is 12.6. The average molecular weight is 433 g/mol. The Kier molecular flexibility index (Phi) is 5.90. The van der Waals surface area contributed by atoms with Gasteiger partial charge in [-0.05, 0) is 66.1 Å². The Bertz CT molecular complexity index is 1000. The van der Waals surface area contributed by atoms with Crippen molar-refractivity contribution in [2.24, 2.45) is 5.92 Å². The maximum Gasteiger partial charge on any atom is 0.322 e. The number of carbonyl (C=O) groups excluding carboxylic acids is 2. The van der Waals surface area contributed by atoms with Crippen LogP contribution in [0.5, 0.6) is 0 Å². The summed E-state index contributed by atoms with van der Waals surface area (Å²) >= 11 is 0. The monoisotopic (exact) mass is 432 g/mol. The van der Waals surface area contributed by atoms with Gasteiger partial charge in [-0.1, -0.05) is 18.2 Å². The molecule has 1 unspecified atom stereocenters. The maximum atomic E-state index is 12.6. The van der Waals surface area contributed by atoms with E-state index >= 15 is 0 Å². The Balaban J connectivity index is 1.13. The molecule has 3 heterocycles. The fourth-order valence-corrected chi connectivity index (χ4v) is 4.62. The van der Waals surface area contributed by atoms with Gasteiger partial charge in [-0.3, -0.25) is 9.78 Å². The van der Waals surface area contributed by atoms with Crippen LogP contribution in [0.1, 0.15) is 42.4 Å². The lowest BCUT2D eigenvalue weighted by atomic mass is 9.90. The van der Waals surface area contributed by atoms with E-state index in [2.05, 4.69) is 33.8 Å². The van der Waals surface area contributed by atoms with E-state index in [1.54, 1.807) is 11.1 Å². The molecule has 1 aromatic heterocycles. The Morgan fingerprint density at radius 1 is 1.06 bits per heavy atom. The van der Waals surface area contributed by atoms with E-state index in [1.165, 1.54) is 5.57 Å². The Morgan fingerprint density at radius 3 is 2.62 bits per heavy atom. The standard InChI is InChI=1S/C25H28N4O3/c30-24(20-10-12-32-16-20)27-22-5-1-17(2-6-22)18-3-7-23(8-4-18)28-25(31)29-14-19-9-11-26-13-21(19)15-29/h1,3-4,7-9,11,13,20,22H,2,5-6,10,12,14-16H2,(H,27,30)(H,28,31)/t20-,22?/m0/s1. The van der Waals surface area contributed by atoms with Gasteiger partial charge in [0.15, 0.2) is 0 Å². The molecule has 1 saturated heterocycles. The van der Waals surface area contributed by atoms with Gasteiger partial charge >= 0.3 is 6.03 Å². The molecule has 0 radical (unpaired) electrons. The number of rotatable bonds is 4. The summed E-state index contributed by atoms with van der Waals surface area (Å²) in [5, 5.41) is 6.17. The third-order valence-electron chi connectivity index (χ3n) is 6.58. The van der Waals surface area contributed by atoms with Crippen LogP contribution in [0.4, 0.5) is 10.5 Å². The third kappa shape index (κ3) is 4.53. The number of nitrogens with zero attached hydrogens (tertiary/aromatic N) is 2. The molecule has 0 spiro atoms. The van der Waals surface area contributed by atoms with Crippen molar-refractivity contribution in [3.05, 3.63) is 65.5 Å². The largest absolute Gasteiger partial charge is 0.381 e. The number of amides is 3. The first-order chi connectivity index (χ1) is 15.7. The summed E-state index contributed by atoms with van der Waals surface area (Å²) in [4.78, 5) is 30.9. The molecular formula is C25H28N4O3. The van der Waals surface area contributed by atoms with Gasteiger partial charge in [0.2, 0.25) is 5.91 Å². The number of pyridine rings is 1. The number of fused-ring (bicyclic) bond motifs is 1. The number of ether oxygens (including phenoxy) is 1. The van der Waals surface area contributed by atoms with Crippen LogP contribution in [0.3, 0.4) is 0 Å². The number of hydrogen-bond acceptors (Lipinski definition) is 4. The molecule has 2 N–H and O–H groups in total. The van der Waals surface area contributed by atoms with Gasteiger partial charge in [-0.15, -0.1) is 0 Å². The highest BCUT2D eigenvalue weighted by atomic mass is 16.5. The molecule has 0 saturated carbocycles. The molecule has 7 heteroatoms. The summed E-state index contributed by atoms with van der Waals surface area (Å²) in [6, 6.07) is 10.1.